The van der Waals surface area contributed by atoms with E-state index in [1.807, 2.05) is 0 Å². The molecule has 0 aliphatic carbocycles. The first kappa shape index (κ1) is 41.5. The lowest BCUT2D eigenvalue weighted by Gasteiger charge is -2.14. The highest BCUT2D eigenvalue weighted by atomic mass is 35.5. The van der Waals surface area contributed by atoms with Gasteiger partial charge in [-0.3, -0.25) is 9.59 Å². The molecular formula is C32H23Cl3F6N4O6S2. The van der Waals surface area contributed by atoms with Crippen LogP contribution in [0.3, 0.4) is 0 Å². The van der Waals surface area contributed by atoms with Gasteiger partial charge in [0.15, 0.2) is 19.7 Å². The Morgan fingerprint density at radius 1 is 0.585 bits per heavy atom. The lowest BCUT2D eigenvalue weighted by atomic mass is 9.97. The van der Waals surface area contributed by atoms with Crippen molar-refractivity contribution in [1.29, 1.82) is 0 Å². The molecule has 0 fully saturated rings. The fourth-order valence-corrected chi connectivity index (χ4v) is 6.72. The van der Waals surface area contributed by atoms with Crippen LogP contribution in [0.1, 0.15) is 0 Å². The molecule has 0 spiro atoms. The molecule has 5 rings (SSSR count). The zero-order chi connectivity index (χ0) is 39.7. The van der Waals surface area contributed by atoms with Crippen molar-refractivity contribution in [2.45, 2.75) is 35.2 Å². The monoisotopic (exact) mass is 842 g/mol. The standard InChI is InChI=1S/C19H13Cl2F3N2O3S.C13H10ClF3N2O3S/c1-30(28,29)15-4-2-11(3-5-15)16-9-25-26(10-19(22,23)24)18(27)17(16)12-6-13(20)8-14(21)7-12;1-23(21,22)9-4-2-8(3-5-9)10-6-18-19(7-13(15,16)17)12(20)11(10)14/h2-9H,10H2,1H3;2-6H,7H2,1H3. The maximum absolute atomic E-state index is 12.9. The second kappa shape index (κ2) is 15.6. The van der Waals surface area contributed by atoms with Gasteiger partial charge in [0.2, 0.25) is 0 Å². The smallest absolute Gasteiger partial charge is 0.267 e. The maximum Gasteiger partial charge on any atom is 0.408 e. The van der Waals surface area contributed by atoms with Crippen LogP contribution in [0.5, 0.6) is 0 Å². The molecule has 0 bridgehead atoms. The van der Waals surface area contributed by atoms with E-state index in [9.17, 15) is 52.8 Å². The van der Waals surface area contributed by atoms with Crippen molar-refractivity contribution in [1.82, 2.24) is 19.6 Å². The number of aromatic nitrogens is 4. The van der Waals surface area contributed by atoms with Crippen molar-refractivity contribution in [3.63, 3.8) is 0 Å². The van der Waals surface area contributed by atoms with Crippen molar-refractivity contribution < 1.29 is 43.2 Å². The van der Waals surface area contributed by atoms with Crippen LogP contribution in [-0.4, -0.2) is 61.3 Å². The summed E-state index contributed by atoms with van der Waals surface area (Å²) in [6.45, 7) is -3.11. The lowest BCUT2D eigenvalue weighted by Crippen LogP contribution is -2.31. The third kappa shape index (κ3) is 10.9. The van der Waals surface area contributed by atoms with E-state index in [1.165, 1.54) is 66.7 Å². The highest BCUT2D eigenvalue weighted by molar-refractivity contribution is 7.91. The van der Waals surface area contributed by atoms with Crippen molar-refractivity contribution in [3.8, 4) is 33.4 Å². The van der Waals surface area contributed by atoms with Gasteiger partial charge in [0.25, 0.3) is 11.1 Å². The molecule has 0 atom stereocenters. The van der Waals surface area contributed by atoms with Crippen LogP contribution in [0, 0.1) is 0 Å². The van der Waals surface area contributed by atoms with E-state index >= 15 is 0 Å². The first-order valence-electron chi connectivity index (χ1n) is 14.4. The number of hydrogen-bond donors (Lipinski definition) is 0. The van der Waals surface area contributed by atoms with Crippen LogP contribution >= 0.6 is 34.8 Å². The predicted octanol–water partition coefficient (Wildman–Crippen LogP) is 7.38. The molecule has 2 aromatic heterocycles. The molecule has 0 unspecified atom stereocenters. The molecule has 0 N–H and O–H groups in total. The summed E-state index contributed by atoms with van der Waals surface area (Å²) in [5.41, 5.74) is -0.872. The minimum atomic E-state index is -4.65. The molecule has 3 aromatic carbocycles. The van der Waals surface area contributed by atoms with Gasteiger partial charge in [-0.2, -0.15) is 36.5 Å². The molecule has 0 aliphatic rings. The van der Waals surface area contributed by atoms with Gasteiger partial charge in [-0.25, -0.2) is 26.2 Å². The van der Waals surface area contributed by atoms with Gasteiger partial charge in [0.05, 0.1) is 27.7 Å². The molecule has 0 amide bonds. The van der Waals surface area contributed by atoms with Gasteiger partial charge >= 0.3 is 12.4 Å². The Morgan fingerprint density at radius 3 is 1.36 bits per heavy atom. The van der Waals surface area contributed by atoms with Gasteiger partial charge in [-0.05, 0) is 59.2 Å². The van der Waals surface area contributed by atoms with E-state index in [0.717, 1.165) is 24.9 Å². The normalized spacial score (nSPS) is 12.3. The number of nitrogens with zero attached hydrogens (tertiary/aromatic N) is 4. The zero-order valence-corrected chi connectivity index (χ0v) is 30.8. The van der Waals surface area contributed by atoms with E-state index in [1.54, 1.807) is 0 Å². The topological polar surface area (TPSA) is 138 Å². The Bertz CT molecular complexity index is 2490. The first-order chi connectivity index (χ1) is 24.3. The average molecular weight is 844 g/mol. The lowest BCUT2D eigenvalue weighted by molar-refractivity contribution is -0.144. The second-order valence-electron chi connectivity index (χ2n) is 11.2. The molecule has 282 valence electrons. The fourth-order valence-electron chi connectivity index (χ4n) is 4.68. The quantitative estimate of drug-likeness (QED) is 0.155. The Balaban J connectivity index is 0.000000245. The maximum atomic E-state index is 12.9. The van der Waals surface area contributed by atoms with E-state index in [4.69, 9.17) is 34.8 Å². The van der Waals surface area contributed by atoms with Crippen LogP contribution in [0.2, 0.25) is 15.1 Å². The number of rotatable bonds is 7. The molecule has 0 saturated heterocycles. The number of hydrogen-bond acceptors (Lipinski definition) is 8. The minimum absolute atomic E-state index is 0.0528. The molecule has 53 heavy (non-hydrogen) atoms. The Labute approximate surface area is 312 Å². The predicted molar refractivity (Wildman–Crippen MR) is 187 cm³/mol. The van der Waals surface area contributed by atoms with Crippen molar-refractivity contribution in [2.24, 2.45) is 0 Å². The Morgan fingerprint density at radius 2 is 0.962 bits per heavy atom. The zero-order valence-electron chi connectivity index (χ0n) is 26.9. The summed E-state index contributed by atoms with van der Waals surface area (Å²) in [5.74, 6) is 0. The van der Waals surface area contributed by atoms with E-state index in [2.05, 4.69) is 10.2 Å². The molecule has 0 radical (unpaired) electrons. The summed E-state index contributed by atoms with van der Waals surface area (Å²) >= 11 is 17.9. The number of halogens is 9. The molecule has 21 heteroatoms. The van der Waals surface area contributed by atoms with Gasteiger partial charge in [0, 0.05) is 33.7 Å². The third-order valence-corrected chi connectivity index (χ3v) is 10.1. The van der Waals surface area contributed by atoms with Crippen LogP contribution in [0.4, 0.5) is 26.3 Å². The Hall–Kier alpha value is -4.23. The van der Waals surface area contributed by atoms with Crippen molar-refractivity contribution in [2.75, 3.05) is 12.5 Å². The number of alkyl halides is 6. The van der Waals surface area contributed by atoms with E-state index in [0.29, 0.717) is 15.8 Å². The van der Waals surface area contributed by atoms with Crippen molar-refractivity contribution in [3.05, 3.63) is 115 Å². The van der Waals surface area contributed by atoms with Gasteiger partial charge in [-0.15, -0.1) is 0 Å². The van der Waals surface area contributed by atoms with Gasteiger partial charge < -0.3 is 0 Å². The summed E-state index contributed by atoms with van der Waals surface area (Å²) in [4.78, 5) is 24.9. The van der Waals surface area contributed by atoms with E-state index in [-0.39, 0.29) is 46.8 Å². The summed E-state index contributed by atoms with van der Waals surface area (Å²) in [5, 5.41) is 7.05. The summed E-state index contributed by atoms with van der Waals surface area (Å²) in [6, 6.07) is 15.2. The molecule has 5 aromatic rings. The Kier molecular flexibility index (Phi) is 12.2. The molecule has 2 heterocycles. The minimum Gasteiger partial charge on any atom is -0.267 e. The molecule has 10 nitrogen and oxygen atoms in total. The van der Waals surface area contributed by atoms with Crippen LogP contribution < -0.4 is 11.1 Å². The van der Waals surface area contributed by atoms with Gasteiger partial charge in [0.1, 0.15) is 18.1 Å². The van der Waals surface area contributed by atoms with Crippen molar-refractivity contribution >= 4 is 54.5 Å². The summed E-state index contributed by atoms with van der Waals surface area (Å²) in [7, 11) is -6.84. The third-order valence-electron chi connectivity index (χ3n) is 7.03. The highest BCUT2D eigenvalue weighted by Gasteiger charge is 2.31. The summed E-state index contributed by atoms with van der Waals surface area (Å²) < 4.78 is 122. The van der Waals surface area contributed by atoms with Crippen LogP contribution in [0.25, 0.3) is 33.4 Å². The van der Waals surface area contributed by atoms with Gasteiger partial charge in [-0.1, -0.05) is 59.1 Å². The molecular weight excluding hydrogens is 821 g/mol. The SMILES string of the molecule is CS(=O)(=O)c1ccc(-c2cnn(CC(F)(F)F)c(=O)c2-c2cc(Cl)cc(Cl)c2)cc1.CS(=O)(=O)c1ccc(-c2cnn(CC(F)(F)F)c(=O)c2Cl)cc1. The van der Waals surface area contributed by atoms with Crippen LogP contribution in [0.15, 0.2) is 98.5 Å². The number of benzene rings is 3. The summed E-state index contributed by atoms with van der Waals surface area (Å²) in [6.07, 6.45) is -5.02. The van der Waals surface area contributed by atoms with Crippen LogP contribution in [-0.2, 0) is 32.8 Å². The molecule has 0 saturated carbocycles. The first-order valence-corrected chi connectivity index (χ1v) is 19.3. The van der Waals surface area contributed by atoms with E-state index < -0.39 is 61.3 Å². The molecule has 0 aliphatic heterocycles. The highest BCUT2D eigenvalue weighted by Crippen LogP contribution is 2.33. The fraction of sp³-hybridized carbons (Fsp3) is 0.188. The average Bonchev–Trinajstić information content (AvgIpc) is 3.02. The number of sulfone groups is 2. The largest absolute Gasteiger partial charge is 0.408 e. The second-order valence-corrected chi connectivity index (χ2v) is 16.5.